The fourth-order valence-corrected chi connectivity index (χ4v) is 2.61. The van der Waals surface area contributed by atoms with Crippen molar-refractivity contribution in [1.29, 1.82) is 0 Å². The second-order valence-corrected chi connectivity index (χ2v) is 6.83. The van der Waals surface area contributed by atoms with Crippen LogP contribution >= 0.6 is 0 Å². The molecular formula is C15H22O6S. The van der Waals surface area contributed by atoms with Crippen molar-refractivity contribution in [3.63, 3.8) is 0 Å². The van der Waals surface area contributed by atoms with Gasteiger partial charge in [0.25, 0.3) is 10.1 Å². The van der Waals surface area contributed by atoms with Gasteiger partial charge in [0.1, 0.15) is 6.10 Å². The molecule has 0 saturated carbocycles. The topological polar surface area (TPSA) is 74.4 Å². The third-order valence-electron chi connectivity index (χ3n) is 3.03. The van der Waals surface area contributed by atoms with E-state index in [-0.39, 0.29) is 12.7 Å². The molecule has 1 fully saturated rings. The Morgan fingerprint density at radius 3 is 2.55 bits per heavy atom. The Bertz CT molecular complexity index is 526. The summed E-state index contributed by atoms with van der Waals surface area (Å²) in [5, 5.41) is 0. The first-order chi connectivity index (χ1) is 10.5. The SMILES string of the molecule is CS(=O)(=O)O[C@H](COCCOCc1ccccc1)CC1CO1. The zero-order chi connectivity index (χ0) is 15.8. The first kappa shape index (κ1) is 17.4. The lowest BCUT2D eigenvalue weighted by Gasteiger charge is -2.15. The predicted molar refractivity (Wildman–Crippen MR) is 81.0 cm³/mol. The minimum Gasteiger partial charge on any atom is -0.376 e. The zero-order valence-corrected chi connectivity index (χ0v) is 13.5. The average Bonchev–Trinajstić information content (AvgIpc) is 3.26. The molecule has 7 heteroatoms. The standard InChI is InChI=1S/C15H22O6S/c1-22(16,17)21-15(9-14-12-20-14)11-19-8-7-18-10-13-5-3-2-4-6-13/h2-6,14-15H,7-12H2,1H3/t14?,15-/m0/s1. The number of benzene rings is 1. The fraction of sp³-hybridized carbons (Fsp3) is 0.600. The zero-order valence-electron chi connectivity index (χ0n) is 12.6. The lowest BCUT2D eigenvalue weighted by Crippen LogP contribution is -2.25. The Hall–Kier alpha value is -0.990. The van der Waals surface area contributed by atoms with Crippen LogP contribution in [-0.2, 0) is 35.1 Å². The average molecular weight is 330 g/mol. The molecule has 1 aromatic carbocycles. The molecule has 2 atom stereocenters. The van der Waals surface area contributed by atoms with Gasteiger partial charge in [0.05, 0.1) is 45.4 Å². The highest BCUT2D eigenvalue weighted by Crippen LogP contribution is 2.18. The van der Waals surface area contributed by atoms with E-state index in [1.807, 2.05) is 30.3 Å². The van der Waals surface area contributed by atoms with E-state index in [4.69, 9.17) is 18.4 Å². The molecule has 0 radical (unpaired) electrons. The van der Waals surface area contributed by atoms with Crippen LogP contribution in [0.25, 0.3) is 0 Å². The van der Waals surface area contributed by atoms with Crippen LogP contribution in [0, 0.1) is 0 Å². The molecule has 124 valence electrons. The van der Waals surface area contributed by atoms with Crippen molar-refractivity contribution in [3.05, 3.63) is 35.9 Å². The minimum atomic E-state index is -3.49. The summed E-state index contributed by atoms with van der Waals surface area (Å²) in [5.41, 5.74) is 1.10. The highest BCUT2D eigenvalue weighted by Gasteiger charge is 2.29. The van der Waals surface area contributed by atoms with Gasteiger partial charge >= 0.3 is 0 Å². The summed E-state index contributed by atoms with van der Waals surface area (Å²) in [4.78, 5) is 0. The number of epoxide rings is 1. The van der Waals surface area contributed by atoms with Crippen molar-refractivity contribution in [2.45, 2.75) is 25.2 Å². The van der Waals surface area contributed by atoms with Gasteiger partial charge in [-0.3, -0.25) is 4.18 Å². The summed E-state index contributed by atoms with van der Waals surface area (Å²) < 4.78 is 43.4. The number of hydrogen-bond acceptors (Lipinski definition) is 6. The molecule has 1 aliphatic heterocycles. The molecule has 1 heterocycles. The maximum Gasteiger partial charge on any atom is 0.264 e. The van der Waals surface area contributed by atoms with Gasteiger partial charge in [0.15, 0.2) is 0 Å². The van der Waals surface area contributed by atoms with Crippen LogP contribution in [0.15, 0.2) is 30.3 Å². The Labute approximate surface area is 131 Å². The summed E-state index contributed by atoms with van der Waals surface area (Å²) in [6, 6.07) is 9.86. The number of hydrogen-bond donors (Lipinski definition) is 0. The molecule has 0 aliphatic carbocycles. The highest BCUT2D eigenvalue weighted by molar-refractivity contribution is 7.86. The van der Waals surface area contributed by atoms with Crippen LogP contribution in [0.2, 0.25) is 0 Å². The molecule has 1 unspecified atom stereocenters. The van der Waals surface area contributed by atoms with Gasteiger partial charge in [-0.25, -0.2) is 0 Å². The molecule has 0 bridgehead atoms. The highest BCUT2D eigenvalue weighted by atomic mass is 32.2. The van der Waals surface area contributed by atoms with Crippen LogP contribution in [0.1, 0.15) is 12.0 Å². The van der Waals surface area contributed by atoms with Crippen LogP contribution in [0.5, 0.6) is 0 Å². The van der Waals surface area contributed by atoms with Crippen LogP contribution in [-0.4, -0.2) is 53.3 Å². The van der Waals surface area contributed by atoms with E-state index in [0.717, 1.165) is 11.8 Å². The van der Waals surface area contributed by atoms with Gasteiger partial charge in [-0.15, -0.1) is 0 Å². The third kappa shape index (κ3) is 7.86. The Kier molecular flexibility index (Phi) is 6.78. The summed E-state index contributed by atoms with van der Waals surface area (Å²) in [5.74, 6) is 0. The minimum absolute atomic E-state index is 0.0877. The van der Waals surface area contributed by atoms with Crippen molar-refractivity contribution in [1.82, 2.24) is 0 Å². The van der Waals surface area contributed by atoms with E-state index in [1.54, 1.807) is 0 Å². The summed E-state index contributed by atoms with van der Waals surface area (Å²) in [7, 11) is -3.49. The molecule has 0 aromatic heterocycles. The van der Waals surface area contributed by atoms with E-state index in [2.05, 4.69) is 0 Å². The molecule has 1 aromatic rings. The molecule has 0 spiro atoms. The van der Waals surface area contributed by atoms with E-state index in [9.17, 15) is 8.42 Å². The third-order valence-corrected chi connectivity index (χ3v) is 3.65. The van der Waals surface area contributed by atoms with Gasteiger partial charge in [-0.2, -0.15) is 8.42 Å². The van der Waals surface area contributed by atoms with Crippen molar-refractivity contribution in [2.75, 3.05) is 32.7 Å². The first-order valence-electron chi connectivity index (χ1n) is 7.22. The molecule has 2 rings (SSSR count). The van der Waals surface area contributed by atoms with Crippen LogP contribution < -0.4 is 0 Å². The first-order valence-corrected chi connectivity index (χ1v) is 9.04. The summed E-state index contributed by atoms with van der Waals surface area (Å²) in [6.07, 6.45) is 1.15. The van der Waals surface area contributed by atoms with Gasteiger partial charge in [0.2, 0.25) is 0 Å². The molecule has 0 N–H and O–H groups in total. The molecule has 6 nitrogen and oxygen atoms in total. The predicted octanol–water partition coefficient (Wildman–Crippen LogP) is 1.35. The van der Waals surface area contributed by atoms with E-state index < -0.39 is 16.2 Å². The van der Waals surface area contributed by atoms with Gasteiger partial charge < -0.3 is 14.2 Å². The lowest BCUT2D eigenvalue weighted by molar-refractivity contribution is 0.00580. The second-order valence-electron chi connectivity index (χ2n) is 5.23. The molecular weight excluding hydrogens is 308 g/mol. The van der Waals surface area contributed by atoms with Crippen LogP contribution in [0.4, 0.5) is 0 Å². The van der Waals surface area contributed by atoms with Gasteiger partial charge in [-0.1, -0.05) is 30.3 Å². The number of rotatable bonds is 11. The molecule has 0 amide bonds. The van der Waals surface area contributed by atoms with Crippen molar-refractivity contribution < 1.29 is 26.8 Å². The Morgan fingerprint density at radius 2 is 1.91 bits per heavy atom. The normalized spacial score (nSPS) is 19.0. The van der Waals surface area contributed by atoms with E-state index in [1.165, 1.54) is 0 Å². The quantitative estimate of drug-likeness (QED) is 0.346. The fourth-order valence-electron chi connectivity index (χ4n) is 1.98. The van der Waals surface area contributed by atoms with Crippen molar-refractivity contribution in [3.8, 4) is 0 Å². The smallest absolute Gasteiger partial charge is 0.264 e. The summed E-state index contributed by atoms with van der Waals surface area (Å²) >= 11 is 0. The number of ether oxygens (including phenoxy) is 3. The van der Waals surface area contributed by atoms with Crippen molar-refractivity contribution in [2.24, 2.45) is 0 Å². The summed E-state index contributed by atoms with van der Waals surface area (Å²) in [6.45, 7) is 2.23. The maximum atomic E-state index is 11.2. The Morgan fingerprint density at radius 1 is 1.23 bits per heavy atom. The van der Waals surface area contributed by atoms with Gasteiger partial charge in [-0.05, 0) is 5.56 Å². The molecule has 22 heavy (non-hydrogen) atoms. The van der Waals surface area contributed by atoms with E-state index in [0.29, 0.717) is 32.8 Å². The lowest BCUT2D eigenvalue weighted by atomic mass is 10.2. The Balaban J connectivity index is 1.58. The van der Waals surface area contributed by atoms with Crippen molar-refractivity contribution >= 4 is 10.1 Å². The monoisotopic (exact) mass is 330 g/mol. The molecule has 1 aliphatic rings. The maximum absolute atomic E-state index is 11.2. The largest absolute Gasteiger partial charge is 0.376 e. The van der Waals surface area contributed by atoms with Crippen LogP contribution in [0.3, 0.4) is 0 Å². The van der Waals surface area contributed by atoms with Gasteiger partial charge in [0, 0.05) is 6.42 Å². The van der Waals surface area contributed by atoms with E-state index >= 15 is 0 Å². The second kappa shape index (κ2) is 8.59. The molecule has 1 saturated heterocycles.